The molecule has 16 heavy (non-hydrogen) atoms. The highest BCUT2D eigenvalue weighted by molar-refractivity contribution is 5.93. The number of amidine groups is 1. The fraction of sp³-hybridized carbons (Fsp3) is 0.182. The first kappa shape index (κ1) is 10.4. The molecule has 2 rings (SSSR count). The first-order valence-electron chi connectivity index (χ1n) is 4.94. The molecule has 0 aliphatic carbocycles. The Morgan fingerprint density at radius 1 is 1.50 bits per heavy atom. The third-order valence-corrected chi connectivity index (χ3v) is 2.22. The summed E-state index contributed by atoms with van der Waals surface area (Å²) in [5, 5.41) is 11.6. The molecule has 5 heteroatoms. The molecule has 82 valence electrons. The highest BCUT2D eigenvalue weighted by Gasteiger charge is 2.01. The molecule has 0 fully saturated rings. The van der Waals surface area contributed by atoms with E-state index in [0.29, 0.717) is 12.2 Å². The third kappa shape index (κ3) is 2.25. The summed E-state index contributed by atoms with van der Waals surface area (Å²) in [4.78, 5) is 4.01. The summed E-state index contributed by atoms with van der Waals surface area (Å²) in [6.07, 6.45) is 3.58. The van der Waals surface area contributed by atoms with Gasteiger partial charge in [-0.1, -0.05) is 0 Å². The van der Waals surface area contributed by atoms with E-state index in [0.717, 1.165) is 11.3 Å². The maximum Gasteiger partial charge on any atom is 0.141 e. The Balaban J connectivity index is 2.21. The molecule has 5 nitrogen and oxygen atoms in total. The van der Waals surface area contributed by atoms with Gasteiger partial charge in [-0.05, 0) is 30.7 Å². The number of nitrogens with one attached hydrogen (secondary N) is 1. The van der Waals surface area contributed by atoms with E-state index in [-0.39, 0.29) is 5.84 Å². The van der Waals surface area contributed by atoms with Crippen LogP contribution in [-0.4, -0.2) is 20.6 Å². The summed E-state index contributed by atoms with van der Waals surface area (Å²) < 4.78 is 1.84. The molecule has 0 unspecified atom stereocenters. The van der Waals surface area contributed by atoms with E-state index in [9.17, 15) is 0 Å². The van der Waals surface area contributed by atoms with Crippen LogP contribution in [0.3, 0.4) is 0 Å². The molecule has 0 aromatic carbocycles. The largest absolute Gasteiger partial charge is 0.382 e. The minimum atomic E-state index is -0.0153. The fourth-order valence-corrected chi connectivity index (χ4v) is 1.46. The summed E-state index contributed by atoms with van der Waals surface area (Å²) in [7, 11) is 0. The Kier molecular flexibility index (Phi) is 2.68. The summed E-state index contributed by atoms with van der Waals surface area (Å²) in [5.41, 5.74) is 7.90. The summed E-state index contributed by atoms with van der Waals surface area (Å²) in [5.74, 6) is -0.0153. The van der Waals surface area contributed by atoms with Gasteiger partial charge in [0.2, 0.25) is 0 Å². The predicted molar refractivity (Wildman–Crippen MR) is 61.3 cm³/mol. The molecular weight excluding hydrogens is 202 g/mol. The molecule has 0 saturated carbocycles. The van der Waals surface area contributed by atoms with Crippen molar-refractivity contribution in [1.29, 1.82) is 5.41 Å². The Morgan fingerprint density at radius 2 is 2.31 bits per heavy atom. The first-order chi connectivity index (χ1) is 7.65. The van der Waals surface area contributed by atoms with Crippen molar-refractivity contribution in [3.05, 3.63) is 47.5 Å². The van der Waals surface area contributed by atoms with Crippen LogP contribution in [0.2, 0.25) is 0 Å². The highest BCUT2D eigenvalue weighted by atomic mass is 15.3. The number of rotatable bonds is 3. The molecule has 2 aromatic heterocycles. The smallest absolute Gasteiger partial charge is 0.141 e. The lowest BCUT2D eigenvalue weighted by Crippen LogP contribution is -2.13. The summed E-state index contributed by atoms with van der Waals surface area (Å²) in [6.45, 7) is 2.61. The van der Waals surface area contributed by atoms with Crippen LogP contribution in [0, 0.1) is 12.3 Å². The molecule has 0 saturated heterocycles. The van der Waals surface area contributed by atoms with Crippen molar-refractivity contribution in [2.75, 3.05) is 0 Å². The van der Waals surface area contributed by atoms with E-state index < -0.39 is 0 Å². The molecule has 2 aromatic rings. The zero-order valence-corrected chi connectivity index (χ0v) is 9.01. The number of hydrogen-bond acceptors (Lipinski definition) is 3. The molecule has 0 amide bonds. The molecule has 2 heterocycles. The quantitative estimate of drug-likeness (QED) is 0.590. The number of nitrogens with zero attached hydrogens (tertiary/aromatic N) is 3. The second-order valence-corrected chi connectivity index (χ2v) is 3.62. The third-order valence-electron chi connectivity index (χ3n) is 2.22. The predicted octanol–water partition coefficient (Wildman–Crippen LogP) is 0.919. The standard InChI is InChI=1S/C11H13N5/c1-8-3-5-16(15-8)7-9-2-4-14-10(6-9)11(12)13/h2-6H,7H2,1H3,(H3,12,13). The Morgan fingerprint density at radius 3 is 2.94 bits per heavy atom. The number of nitrogen functional groups attached to an aromatic ring is 1. The van der Waals surface area contributed by atoms with Crippen LogP contribution in [0.4, 0.5) is 0 Å². The highest BCUT2D eigenvalue weighted by Crippen LogP contribution is 2.04. The molecule has 0 atom stereocenters. The van der Waals surface area contributed by atoms with Gasteiger partial charge in [0.1, 0.15) is 11.5 Å². The van der Waals surface area contributed by atoms with Crippen LogP contribution in [0.15, 0.2) is 30.6 Å². The number of aromatic nitrogens is 3. The zero-order chi connectivity index (χ0) is 11.5. The maximum atomic E-state index is 7.31. The van der Waals surface area contributed by atoms with Gasteiger partial charge >= 0.3 is 0 Å². The molecular formula is C11H13N5. The van der Waals surface area contributed by atoms with Gasteiger partial charge < -0.3 is 5.73 Å². The van der Waals surface area contributed by atoms with Crippen LogP contribution in [0.5, 0.6) is 0 Å². The van der Waals surface area contributed by atoms with Crippen molar-refractivity contribution in [2.45, 2.75) is 13.5 Å². The molecule has 0 aliphatic rings. The first-order valence-corrected chi connectivity index (χ1v) is 4.94. The van der Waals surface area contributed by atoms with E-state index in [4.69, 9.17) is 11.1 Å². The van der Waals surface area contributed by atoms with Gasteiger partial charge in [-0.15, -0.1) is 0 Å². The van der Waals surface area contributed by atoms with Crippen molar-refractivity contribution in [3.63, 3.8) is 0 Å². The minimum Gasteiger partial charge on any atom is -0.382 e. The molecule has 0 spiro atoms. The van der Waals surface area contributed by atoms with Crippen molar-refractivity contribution in [1.82, 2.24) is 14.8 Å². The number of hydrogen-bond donors (Lipinski definition) is 2. The number of aryl methyl sites for hydroxylation is 1. The van der Waals surface area contributed by atoms with Crippen LogP contribution in [0.25, 0.3) is 0 Å². The van der Waals surface area contributed by atoms with E-state index >= 15 is 0 Å². The van der Waals surface area contributed by atoms with Crippen molar-refractivity contribution >= 4 is 5.84 Å². The van der Waals surface area contributed by atoms with Gasteiger partial charge in [0, 0.05) is 12.4 Å². The van der Waals surface area contributed by atoms with Gasteiger partial charge in [0.05, 0.1) is 12.2 Å². The fourth-order valence-electron chi connectivity index (χ4n) is 1.46. The topological polar surface area (TPSA) is 80.6 Å². The van der Waals surface area contributed by atoms with Gasteiger partial charge in [-0.2, -0.15) is 5.10 Å². The monoisotopic (exact) mass is 215 g/mol. The van der Waals surface area contributed by atoms with Crippen molar-refractivity contribution in [2.24, 2.45) is 5.73 Å². The average Bonchev–Trinajstić information content (AvgIpc) is 2.64. The van der Waals surface area contributed by atoms with Gasteiger partial charge in [-0.25, -0.2) is 0 Å². The van der Waals surface area contributed by atoms with E-state index in [1.807, 2.05) is 29.9 Å². The average molecular weight is 215 g/mol. The molecule has 0 radical (unpaired) electrons. The zero-order valence-electron chi connectivity index (χ0n) is 9.01. The number of pyridine rings is 1. The summed E-state index contributed by atoms with van der Waals surface area (Å²) >= 11 is 0. The SMILES string of the molecule is Cc1ccn(Cc2ccnc(C(=N)N)c2)n1. The Labute approximate surface area is 93.4 Å². The second kappa shape index (κ2) is 4.14. The maximum absolute atomic E-state index is 7.31. The van der Waals surface area contributed by atoms with E-state index in [1.165, 1.54) is 0 Å². The van der Waals surface area contributed by atoms with Crippen LogP contribution >= 0.6 is 0 Å². The molecule has 3 N–H and O–H groups in total. The lowest BCUT2D eigenvalue weighted by Gasteiger charge is -2.03. The minimum absolute atomic E-state index is 0.0153. The van der Waals surface area contributed by atoms with E-state index in [2.05, 4.69) is 10.1 Å². The van der Waals surface area contributed by atoms with Crippen molar-refractivity contribution < 1.29 is 0 Å². The Bertz CT molecular complexity index is 515. The number of nitrogens with two attached hydrogens (primary N) is 1. The lowest BCUT2D eigenvalue weighted by atomic mass is 10.2. The van der Waals surface area contributed by atoms with E-state index in [1.54, 1.807) is 12.3 Å². The normalized spacial score (nSPS) is 10.3. The second-order valence-electron chi connectivity index (χ2n) is 3.62. The summed E-state index contributed by atoms with van der Waals surface area (Å²) in [6, 6.07) is 5.65. The Hall–Kier alpha value is -2.17. The van der Waals surface area contributed by atoms with Crippen LogP contribution in [-0.2, 0) is 6.54 Å². The molecule has 0 bridgehead atoms. The van der Waals surface area contributed by atoms with Crippen LogP contribution < -0.4 is 5.73 Å². The lowest BCUT2D eigenvalue weighted by molar-refractivity contribution is 0.678. The van der Waals surface area contributed by atoms with Crippen LogP contribution in [0.1, 0.15) is 17.0 Å². The van der Waals surface area contributed by atoms with Gasteiger partial charge in [0.25, 0.3) is 0 Å². The molecule has 0 aliphatic heterocycles. The van der Waals surface area contributed by atoms with Gasteiger partial charge in [-0.3, -0.25) is 15.1 Å². The van der Waals surface area contributed by atoms with Crippen molar-refractivity contribution in [3.8, 4) is 0 Å². The van der Waals surface area contributed by atoms with Gasteiger partial charge in [0.15, 0.2) is 0 Å².